The van der Waals surface area contributed by atoms with Crippen molar-refractivity contribution in [1.82, 2.24) is 4.57 Å². The first kappa shape index (κ1) is 14.9. The third-order valence-electron chi connectivity index (χ3n) is 3.51. The van der Waals surface area contributed by atoms with E-state index in [9.17, 15) is 18.4 Å². The lowest BCUT2D eigenvalue weighted by Crippen LogP contribution is -2.21. The molecule has 23 heavy (non-hydrogen) atoms. The van der Waals surface area contributed by atoms with E-state index in [4.69, 9.17) is 5.11 Å². The van der Waals surface area contributed by atoms with Crippen LogP contribution in [0.25, 0.3) is 10.9 Å². The van der Waals surface area contributed by atoms with Crippen molar-refractivity contribution in [3.8, 4) is 0 Å². The lowest BCUT2D eigenvalue weighted by molar-refractivity contribution is 0.0696. The second kappa shape index (κ2) is 5.64. The van der Waals surface area contributed by atoms with Gasteiger partial charge >= 0.3 is 5.97 Å². The Balaban J connectivity index is 2.21. The summed E-state index contributed by atoms with van der Waals surface area (Å²) in [5.74, 6) is -2.52. The van der Waals surface area contributed by atoms with Crippen molar-refractivity contribution in [3.63, 3.8) is 0 Å². The number of carbonyl (C=O) groups is 1. The molecule has 4 nitrogen and oxygen atoms in total. The highest BCUT2D eigenvalue weighted by Gasteiger charge is 2.13. The Hall–Kier alpha value is -3.02. The average Bonchev–Trinajstić information content (AvgIpc) is 2.50. The maximum Gasteiger partial charge on any atom is 0.335 e. The number of nitrogens with zero attached hydrogens (tertiary/aromatic N) is 1. The van der Waals surface area contributed by atoms with Gasteiger partial charge in [-0.3, -0.25) is 4.79 Å². The van der Waals surface area contributed by atoms with Gasteiger partial charge in [0.1, 0.15) is 11.6 Å². The first-order valence-electron chi connectivity index (χ1n) is 6.76. The van der Waals surface area contributed by atoms with E-state index in [0.29, 0.717) is 10.9 Å². The van der Waals surface area contributed by atoms with Crippen LogP contribution in [-0.4, -0.2) is 15.6 Å². The van der Waals surface area contributed by atoms with Gasteiger partial charge in [0.05, 0.1) is 17.6 Å². The molecule has 0 amide bonds. The van der Waals surface area contributed by atoms with Crippen LogP contribution >= 0.6 is 0 Å². The molecule has 3 rings (SSSR count). The molecule has 0 spiro atoms. The Kier molecular flexibility index (Phi) is 3.65. The molecule has 0 atom stereocenters. The first-order chi connectivity index (χ1) is 11.0. The minimum atomic E-state index is -1.26. The Morgan fingerprint density at radius 1 is 1.09 bits per heavy atom. The number of hydrogen-bond acceptors (Lipinski definition) is 2. The second-order valence-electron chi connectivity index (χ2n) is 5.09. The topological polar surface area (TPSA) is 59.3 Å². The lowest BCUT2D eigenvalue weighted by atomic mass is 10.1. The van der Waals surface area contributed by atoms with Crippen LogP contribution in [0.4, 0.5) is 8.78 Å². The Morgan fingerprint density at radius 3 is 2.57 bits per heavy atom. The zero-order chi connectivity index (χ0) is 16.6. The van der Waals surface area contributed by atoms with Gasteiger partial charge in [0.25, 0.3) is 5.56 Å². The Labute approximate surface area is 129 Å². The van der Waals surface area contributed by atoms with E-state index in [0.717, 1.165) is 10.6 Å². The number of fused-ring (bicyclic) bond motifs is 1. The predicted molar refractivity (Wildman–Crippen MR) is 80.6 cm³/mol. The van der Waals surface area contributed by atoms with Crippen LogP contribution in [0.5, 0.6) is 0 Å². The van der Waals surface area contributed by atoms with E-state index in [2.05, 4.69) is 0 Å². The summed E-state index contributed by atoms with van der Waals surface area (Å²) in [6.45, 7) is -0.0166. The van der Waals surface area contributed by atoms with Crippen molar-refractivity contribution in [2.75, 3.05) is 0 Å². The summed E-state index contributed by atoms with van der Waals surface area (Å²) in [6.07, 6.45) is 0. The smallest absolute Gasteiger partial charge is 0.335 e. The van der Waals surface area contributed by atoms with Gasteiger partial charge in [-0.15, -0.1) is 0 Å². The molecule has 0 radical (unpaired) electrons. The molecule has 0 saturated carbocycles. The quantitative estimate of drug-likeness (QED) is 0.808. The molecule has 0 bridgehead atoms. The highest BCUT2D eigenvalue weighted by Crippen LogP contribution is 2.20. The fraction of sp³-hybridized carbons (Fsp3) is 0.0588. The fourth-order valence-electron chi connectivity index (χ4n) is 2.49. The molecule has 1 heterocycles. The molecule has 6 heteroatoms. The summed E-state index contributed by atoms with van der Waals surface area (Å²) < 4.78 is 28.8. The van der Waals surface area contributed by atoms with Gasteiger partial charge in [-0.05, 0) is 35.9 Å². The fourth-order valence-corrected chi connectivity index (χ4v) is 2.49. The average molecular weight is 315 g/mol. The van der Waals surface area contributed by atoms with Gasteiger partial charge in [-0.2, -0.15) is 0 Å². The second-order valence-corrected chi connectivity index (χ2v) is 5.09. The number of benzene rings is 2. The van der Waals surface area contributed by atoms with Gasteiger partial charge in [-0.1, -0.05) is 12.1 Å². The van der Waals surface area contributed by atoms with Crippen molar-refractivity contribution in [2.45, 2.75) is 6.54 Å². The molecular weight excluding hydrogens is 304 g/mol. The Morgan fingerprint density at radius 2 is 1.87 bits per heavy atom. The van der Waals surface area contributed by atoms with Gasteiger partial charge in [0.2, 0.25) is 0 Å². The van der Waals surface area contributed by atoms with Crippen molar-refractivity contribution >= 4 is 16.9 Å². The highest BCUT2D eigenvalue weighted by molar-refractivity contribution is 5.93. The van der Waals surface area contributed by atoms with Gasteiger partial charge in [-0.25, -0.2) is 13.6 Å². The molecular formula is C17H11F2NO3. The molecule has 0 aliphatic rings. The molecule has 1 N–H and O–H groups in total. The minimum absolute atomic E-state index is 0.00763. The van der Waals surface area contributed by atoms with Crippen LogP contribution in [0.15, 0.2) is 53.3 Å². The van der Waals surface area contributed by atoms with E-state index >= 15 is 0 Å². The normalized spacial score (nSPS) is 10.9. The van der Waals surface area contributed by atoms with Crippen LogP contribution in [0.3, 0.4) is 0 Å². The van der Waals surface area contributed by atoms with Crippen molar-refractivity contribution in [1.29, 1.82) is 0 Å². The lowest BCUT2D eigenvalue weighted by Gasteiger charge is -2.12. The summed E-state index contributed by atoms with van der Waals surface area (Å²) in [5, 5.41) is 9.27. The van der Waals surface area contributed by atoms with Crippen LogP contribution in [-0.2, 0) is 6.54 Å². The third-order valence-corrected chi connectivity index (χ3v) is 3.51. The highest BCUT2D eigenvalue weighted by atomic mass is 19.1. The van der Waals surface area contributed by atoms with Crippen LogP contribution in [0.1, 0.15) is 15.9 Å². The number of aromatic nitrogens is 1. The molecule has 2 aromatic carbocycles. The number of rotatable bonds is 3. The van der Waals surface area contributed by atoms with Crippen molar-refractivity contribution in [3.05, 3.63) is 81.6 Å². The molecule has 0 aliphatic heterocycles. The van der Waals surface area contributed by atoms with Crippen molar-refractivity contribution < 1.29 is 18.7 Å². The zero-order valence-electron chi connectivity index (χ0n) is 11.8. The first-order valence-corrected chi connectivity index (χ1v) is 6.76. The van der Waals surface area contributed by atoms with Crippen LogP contribution in [0, 0.1) is 11.6 Å². The molecule has 0 unspecified atom stereocenters. The summed E-state index contributed by atoms with van der Waals surface area (Å²) in [4.78, 5) is 23.1. The summed E-state index contributed by atoms with van der Waals surface area (Å²) in [7, 11) is 0. The van der Waals surface area contributed by atoms with Crippen molar-refractivity contribution in [2.24, 2.45) is 0 Å². The number of halogens is 2. The minimum Gasteiger partial charge on any atom is -0.478 e. The van der Waals surface area contributed by atoms with Gasteiger partial charge in [0.15, 0.2) is 0 Å². The molecule has 0 fully saturated rings. The maximum absolute atomic E-state index is 14.3. The number of aromatic carboxylic acids is 1. The molecule has 0 saturated heterocycles. The molecule has 116 valence electrons. The maximum atomic E-state index is 14.3. The summed E-state index contributed by atoms with van der Waals surface area (Å²) in [5.41, 5.74) is -0.164. The van der Waals surface area contributed by atoms with Crippen LogP contribution in [0.2, 0.25) is 0 Å². The van der Waals surface area contributed by atoms with Gasteiger partial charge in [0, 0.05) is 11.5 Å². The standard InChI is InChI=1S/C17H11F2NO3/c18-13-3-1-2-10(6-13)9-20-15(21)5-4-11-7-12(17(22)23)8-14(19)16(11)20/h1-8H,9H2,(H,22,23). The number of pyridine rings is 1. The number of hydrogen-bond donors (Lipinski definition) is 1. The third kappa shape index (κ3) is 2.83. The predicted octanol–water partition coefficient (Wildman–Crippen LogP) is 3.03. The van der Waals surface area contributed by atoms with E-state index in [-0.39, 0.29) is 17.6 Å². The van der Waals surface area contributed by atoms with Gasteiger partial charge < -0.3 is 9.67 Å². The largest absolute Gasteiger partial charge is 0.478 e. The number of carboxylic acids is 1. The Bertz CT molecular complexity index is 979. The molecule has 0 aliphatic carbocycles. The summed E-state index contributed by atoms with van der Waals surface area (Å²) >= 11 is 0. The van der Waals surface area contributed by atoms with Crippen LogP contribution < -0.4 is 5.56 Å². The van der Waals surface area contributed by atoms with E-state index < -0.39 is 23.2 Å². The van der Waals surface area contributed by atoms with E-state index in [1.807, 2.05) is 0 Å². The van der Waals surface area contributed by atoms with E-state index in [1.54, 1.807) is 6.07 Å². The molecule has 1 aromatic heterocycles. The zero-order valence-corrected chi connectivity index (χ0v) is 11.8. The number of carboxylic acid groups (broad SMARTS) is 1. The summed E-state index contributed by atoms with van der Waals surface area (Å²) in [6, 6.07) is 10.4. The monoisotopic (exact) mass is 315 g/mol. The molecule has 3 aromatic rings. The van der Waals surface area contributed by atoms with E-state index in [1.165, 1.54) is 36.4 Å². The SMILES string of the molecule is O=C(O)c1cc(F)c2c(ccc(=O)n2Cc2cccc(F)c2)c1.